The number of carbonyl (C=O) groups excluding carboxylic acids is 2. The van der Waals surface area contributed by atoms with E-state index in [0.29, 0.717) is 34.4 Å². The number of ketones is 1. The fraction of sp³-hybridized carbons (Fsp3) is 0.138. The first-order valence-electron chi connectivity index (χ1n) is 11.6. The Labute approximate surface area is 218 Å². The highest BCUT2D eigenvalue weighted by Gasteiger charge is 2.48. The zero-order chi connectivity index (χ0) is 25.9. The van der Waals surface area contributed by atoms with E-state index in [-0.39, 0.29) is 11.3 Å². The smallest absolute Gasteiger partial charge is 0.301 e. The van der Waals surface area contributed by atoms with Gasteiger partial charge in [0.15, 0.2) is 5.13 Å². The number of aryl methyl sites for hydroxylation is 1. The maximum Gasteiger partial charge on any atom is 0.301 e. The number of rotatable bonds is 7. The lowest BCUT2D eigenvalue weighted by Gasteiger charge is -2.23. The summed E-state index contributed by atoms with van der Waals surface area (Å²) in [4.78, 5) is 31.9. The van der Waals surface area contributed by atoms with Crippen LogP contribution in [0.4, 0.5) is 5.13 Å². The molecule has 8 heteroatoms. The van der Waals surface area contributed by atoms with Crippen LogP contribution in [0.25, 0.3) is 5.76 Å². The molecule has 1 aliphatic heterocycles. The lowest BCUT2D eigenvalue weighted by atomic mass is 9.95. The molecule has 2 heterocycles. The number of Topliss-reactive ketones (excluding diaryl/α,β-unsaturated/α-hetero) is 1. The number of benzene rings is 3. The van der Waals surface area contributed by atoms with E-state index in [4.69, 9.17) is 9.47 Å². The number of thiazole rings is 1. The topological polar surface area (TPSA) is 89.0 Å². The molecule has 0 radical (unpaired) electrons. The second kappa shape index (κ2) is 10.3. The molecule has 7 nitrogen and oxygen atoms in total. The van der Waals surface area contributed by atoms with Crippen molar-refractivity contribution in [2.75, 3.05) is 12.0 Å². The second-order valence-corrected chi connectivity index (χ2v) is 9.44. The summed E-state index contributed by atoms with van der Waals surface area (Å²) in [7, 11) is 1.54. The summed E-state index contributed by atoms with van der Waals surface area (Å²) < 4.78 is 11.2. The molecule has 0 saturated carbocycles. The minimum Gasteiger partial charge on any atom is -0.507 e. The Morgan fingerprint density at radius 1 is 1.03 bits per heavy atom. The molecule has 1 saturated heterocycles. The summed E-state index contributed by atoms with van der Waals surface area (Å²) in [5.74, 6) is -0.610. The number of amides is 1. The Hall–Kier alpha value is -4.43. The molecule has 1 unspecified atom stereocenters. The summed E-state index contributed by atoms with van der Waals surface area (Å²) >= 11 is 1.24. The number of nitrogens with zero attached hydrogens (tertiary/aromatic N) is 2. The molecule has 0 bridgehead atoms. The van der Waals surface area contributed by atoms with Gasteiger partial charge in [-0.2, -0.15) is 0 Å². The lowest BCUT2D eigenvalue weighted by Crippen LogP contribution is -2.29. The molecule has 1 N–H and O–H groups in total. The number of aliphatic hydroxyl groups excluding tert-OH is 1. The highest BCUT2D eigenvalue weighted by Crippen LogP contribution is 2.43. The zero-order valence-electron chi connectivity index (χ0n) is 20.3. The van der Waals surface area contributed by atoms with Crippen molar-refractivity contribution in [2.24, 2.45) is 0 Å². The van der Waals surface area contributed by atoms with Crippen molar-refractivity contribution in [1.29, 1.82) is 0 Å². The van der Waals surface area contributed by atoms with Crippen molar-refractivity contribution in [1.82, 2.24) is 4.98 Å². The SMILES string of the molecule is COc1cccc(C2/C(=C(/O)c3ccc(OCc4cccc(C)c4)cc3)C(=O)C(=O)N2c2nccs2)c1. The van der Waals surface area contributed by atoms with Crippen LogP contribution in [0, 0.1) is 6.92 Å². The minimum absolute atomic E-state index is 0.0121. The van der Waals surface area contributed by atoms with Gasteiger partial charge in [-0.15, -0.1) is 11.3 Å². The third kappa shape index (κ3) is 4.83. The van der Waals surface area contributed by atoms with E-state index in [1.165, 1.54) is 16.2 Å². The number of carbonyl (C=O) groups is 2. The van der Waals surface area contributed by atoms with E-state index in [2.05, 4.69) is 11.1 Å². The van der Waals surface area contributed by atoms with Gasteiger partial charge in [-0.1, -0.05) is 42.0 Å². The molecule has 1 amide bonds. The molecule has 1 aliphatic rings. The first kappa shape index (κ1) is 24.3. The van der Waals surface area contributed by atoms with Gasteiger partial charge >= 0.3 is 5.91 Å². The van der Waals surface area contributed by atoms with Gasteiger partial charge in [-0.25, -0.2) is 4.98 Å². The summed E-state index contributed by atoms with van der Waals surface area (Å²) in [6, 6.07) is 21.1. The van der Waals surface area contributed by atoms with Crippen LogP contribution < -0.4 is 14.4 Å². The van der Waals surface area contributed by atoms with E-state index in [1.807, 2.05) is 25.1 Å². The first-order valence-corrected chi connectivity index (χ1v) is 12.5. The van der Waals surface area contributed by atoms with Crippen LogP contribution in [-0.4, -0.2) is 28.9 Å². The molecule has 37 heavy (non-hydrogen) atoms. The van der Waals surface area contributed by atoms with E-state index >= 15 is 0 Å². The Morgan fingerprint density at radius 2 is 1.81 bits per heavy atom. The fourth-order valence-corrected chi connectivity index (χ4v) is 4.99. The Kier molecular flexibility index (Phi) is 6.74. The first-order chi connectivity index (χ1) is 18.0. The van der Waals surface area contributed by atoms with Gasteiger partial charge in [-0.3, -0.25) is 14.5 Å². The third-order valence-corrected chi connectivity index (χ3v) is 6.87. The third-order valence-electron chi connectivity index (χ3n) is 6.10. The van der Waals surface area contributed by atoms with Gasteiger partial charge in [-0.05, 0) is 54.4 Å². The monoisotopic (exact) mass is 512 g/mol. The van der Waals surface area contributed by atoms with E-state index < -0.39 is 17.7 Å². The summed E-state index contributed by atoms with van der Waals surface area (Å²) in [6.45, 7) is 2.43. The van der Waals surface area contributed by atoms with Crippen LogP contribution in [0.2, 0.25) is 0 Å². The largest absolute Gasteiger partial charge is 0.507 e. The highest BCUT2D eigenvalue weighted by atomic mass is 32.1. The van der Waals surface area contributed by atoms with E-state index in [1.54, 1.807) is 67.2 Å². The van der Waals surface area contributed by atoms with Gasteiger partial charge in [0.1, 0.15) is 23.9 Å². The zero-order valence-corrected chi connectivity index (χ0v) is 21.1. The predicted octanol–water partition coefficient (Wildman–Crippen LogP) is 5.67. The van der Waals surface area contributed by atoms with Gasteiger partial charge in [0.25, 0.3) is 5.78 Å². The number of anilines is 1. The van der Waals surface area contributed by atoms with Crippen molar-refractivity contribution in [3.05, 3.63) is 112 Å². The molecule has 0 aliphatic carbocycles. The van der Waals surface area contributed by atoms with Gasteiger partial charge in [0, 0.05) is 17.1 Å². The Balaban J connectivity index is 1.50. The maximum absolute atomic E-state index is 13.2. The van der Waals surface area contributed by atoms with E-state index in [9.17, 15) is 14.7 Å². The number of aliphatic hydroxyl groups is 1. The summed E-state index contributed by atoms with van der Waals surface area (Å²) in [5, 5.41) is 13.4. The molecule has 1 fully saturated rings. The highest BCUT2D eigenvalue weighted by molar-refractivity contribution is 7.14. The number of aromatic nitrogens is 1. The fourth-order valence-electron chi connectivity index (χ4n) is 4.32. The van der Waals surface area contributed by atoms with Crippen LogP contribution in [0.1, 0.15) is 28.3 Å². The van der Waals surface area contributed by atoms with Crippen molar-refractivity contribution in [3.63, 3.8) is 0 Å². The van der Waals surface area contributed by atoms with Gasteiger partial charge in [0.05, 0.1) is 18.7 Å². The Morgan fingerprint density at radius 3 is 2.51 bits per heavy atom. The number of hydrogen-bond acceptors (Lipinski definition) is 7. The number of methoxy groups -OCH3 is 1. The van der Waals surface area contributed by atoms with Crippen LogP contribution in [-0.2, 0) is 16.2 Å². The standard InChI is InChI=1S/C29H24N2O5S/c1-18-5-3-6-19(15-18)17-36-22-11-9-20(10-12-22)26(32)24-25(21-7-4-8-23(16-21)35-2)31(28(34)27(24)33)29-30-13-14-37-29/h3-16,25,32H,17H2,1-2H3/b26-24-. The predicted molar refractivity (Wildman–Crippen MR) is 142 cm³/mol. The quantitative estimate of drug-likeness (QED) is 0.195. The number of hydrogen-bond donors (Lipinski definition) is 1. The average molecular weight is 513 g/mol. The summed E-state index contributed by atoms with van der Waals surface area (Å²) in [5.41, 5.74) is 3.21. The van der Waals surface area contributed by atoms with Crippen LogP contribution >= 0.6 is 11.3 Å². The lowest BCUT2D eigenvalue weighted by molar-refractivity contribution is -0.132. The Bertz CT molecular complexity index is 1480. The molecule has 186 valence electrons. The van der Waals surface area contributed by atoms with Crippen LogP contribution in [0.3, 0.4) is 0 Å². The molecule has 1 aromatic heterocycles. The van der Waals surface area contributed by atoms with Crippen LogP contribution in [0.15, 0.2) is 89.9 Å². The average Bonchev–Trinajstić information content (AvgIpc) is 3.54. The van der Waals surface area contributed by atoms with Crippen molar-refractivity contribution in [3.8, 4) is 11.5 Å². The van der Waals surface area contributed by atoms with Gasteiger partial charge in [0.2, 0.25) is 0 Å². The van der Waals surface area contributed by atoms with Crippen molar-refractivity contribution < 1.29 is 24.2 Å². The van der Waals surface area contributed by atoms with Crippen LogP contribution in [0.5, 0.6) is 11.5 Å². The molecule has 4 aromatic rings. The molecular weight excluding hydrogens is 488 g/mol. The second-order valence-electron chi connectivity index (χ2n) is 8.56. The summed E-state index contributed by atoms with van der Waals surface area (Å²) in [6.07, 6.45) is 1.57. The maximum atomic E-state index is 13.2. The van der Waals surface area contributed by atoms with Crippen molar-refractivity contribution >= 4 is 33.9 Å². The van der Waals surface area contributed by atoms with Gasteiger partial charge < -0.3 is 14.6 Å². The molecular formula is C29H24N2O5S. The van der Waals surface area contributed by atoms with E-state index in [0.717, 1.165) is 11.1 Å². The molecule has 0 spiro atoms. The number of ether oxygens (including phenoxy) is 2. The van der Waals surface area contributed by atoms with Crippen molar-refractivity contribution in [2.45, 2.75) is 19.6 Å². The molecule has 3 aromatic carbocycles. The molecule has 1 atom stereocenters. The molecule has 5 rings (SSSR count). The normalized spacial score (nSPS) is 16.7. The minimum atomic E-state index is -0.863.